The highest BCUT2D eigenvalue weighted by Gasteiger charge is 2.07. The average Bonchev–Trinajstić information content (AvgIpc) is 3.27. The predicted molar refractivity (Wildman–Crippen MR) is 127 cm³/mol. The number of nitrogens with one attached hydrogen (secondary N) is 2. The van der Waals surface area contributed by atoms with Crippen molar-refractivity contribution in [2.24, 2.45) is 4.99 Å². The largest absolute Gasteiger partial charge is 0.492 e. The third-order valence-corrected chi connectivity index (χ3v) is 4.16. The maximum absolute atomic E-state index is 5.78. The fourth-order valence-corrected chi connectivity index (χ4v) is 2.72. The van der Waals surface area contributed by atoms with Gasteiger partial charge in [-0.2, -0.15) is 5.10 Å². The molecule has 0 saturated carbocycles. The Hall–Kier alpha value is -2.62. The van der Waals surface area contributed by atoms with Crippen molar-refractivity contribution in [3.05, 3.63) is 66.5 Å². The van der Waals surface area contributed by atoms with E-state index < -0.39 is 0 Å². The lowest BCUT2D eigenvalue weighted by Crippen LogP contribution is -2.40. The van der Waals surface area contributed by atoms with Crippen LogP contribution >= 0.6 is 24.0 Å². The Morgan fingerprint density at radius 2 is 2.00 bits per heavy atom. The lowest BCUT2D eigenvalue weighted by atomic mass is 10.1. The fourth-order valence-electron chi connectivity index (χ4n) is 2.72. The van der Waals surface area contributed by atoms with E-state index in [4.69, 9.17) is 9.73 Å². The summed E-state index contributed by atoms with van der Waals surface area (Å²) in [5.74, 6) is 2.49. The molecule has 1 aromatic heterocycles. The zero-order valence-corrected chi connectivity index (χ0v) is 19.0. The van der Waals surface area contributed by atoms with Gasteiger partial charge in [-0.1, -0.05) is 36.4 Å². The second-order valence-corrected chi connectivity index (χ2v) is 6.29. The third kappa shape index (κ3) is 7.04. The van der Waals surface area contributed by atoms with Crippen LogP contribution in [0.1, 0.15) is 12.5 Å². The second-order valence-electron chi connectivity index (χ2n) is 6.29. The van der Waals surface area contributed by atoms with Crippen LogP contribution in [-0.4, -0.2) is 52.8 Å². The Labute approximate surface area is 188 Å². The molecule has 0 fully saturated rings. The highest BCUT2D eigenvalue weighted by atomic mass is 127. The van der Waals surface area contributed by atoms with E-state index in [1.165, 1.54) is 6.33 Å². The monoisotopic (exact) mass is 506 g/mol. The average molecular weight is 506 g/mol. The molecular weight excluding hydrogens is 479 g/mol. The fraction of sp³-hybridized carbons (Fsp3) is 0.286. The molecule has 0 aliphatic carbocycles. The molecule has 154 valence electrons. The van der Waals surface area contributed by atoms with Crippen LogP contribution in [0.4, 0.5) is 0 Å². The number of rotatable bonds is 8. The van der Waals surface area contributed by atoms with Gasteiger partial charge < -0.3 is 15.0 Å². The van der Waals surface area contributed by atoms with Gasteiger partial charge in [-0.15, -0.1) is 24.0 Å². The van der Waals surface area contributed by atoms with Gasteiger partial charge in [-0.3, -0.25) is 5.10 Å². The van der Waals surface area contributed by atoms with Crippen LogP contribution < -0.4 is 10.1 Å². The summed E-state index contributed by atoms with van der Waals surface area (Å²) >= 11 is 0. The number of benzene rings is 2. The summed E-state index contributed by atoms with van der Waals surface area (Å²) in [4.78, 5) is 11.0. The normalized spacial score (nSPS) is 10.9. The first-order valence-electron chi connectivity index (χ1n) is 9.38. The van der Waals surface area contributed by atoms with Crippen LogP contribution in [0.25, 0.3) is 11.4 Å². The zero-order chi connectivity index (χ0) is 19.6. The van der Waals surface area contributed by atoms with Gasteiger partial charge in [0.25, 0.3) is 0 Å². The van der Waals surface area contributed by atoms with Crippen LogP contribution in [0.5, 0.6) is 5.75 Å². The summed E-state index contributed by atoms with van der Waals surface area (Å²) in [6.07, 6.45) is 1.51. The Morgan fingerprint density at radius 3 is 2.72 bits per heavy atom. The van der Waals surface area contributed by atoms with Gasteiger partial charge in [0.05, 0.1) is 13.1 Å². The van der Waals surface area contributed by atoms with Crippen molar-refractivity contribution in [1.82, 2.24) is 25.4 Å². The van der Waals surface area contributed by atoms with Gasteiger partial charge in [0.1, 0.15) is 18.7 Å². The van der Waals surface area contributed by atoms with Crippen molar-refractivity contribution < 1.29 is 4.74 Å². The topological polar surface area (TPSA) is 78.4 Å². The summed E-state index contributed by atoms with van der Waals surface area (Å²) in [6, 6.07) is 18.0. The molecule has 0 amide bonds. The summed E-state index contributed by atoms with van der Waals surface area (Å²) in [7, 11) is 2.01. The molecule has 0 bridgehead atoms. The molecular formula is C21H27IN6O. The first kappa shape index (κ1) is 22.7. The number of H-pyrrole nitrogens is 1. The summed E-state index contributed by atoms with van der Waals surface area (Å²) in [5, 5.41) is 10.1. The number of likely N-dealkylation sites (N-methyl/N-ethyl adjacent to an activating group) is 1. The maximum atomic E-state index is 5.78. The van der Waals surface area contributed by atoms with Gasteiger partial charge >= 0.3 is 0 Å². The van der Waals surface area contributed by atoms with Crippen molar-refractivity contribution in [3.8, 4) is 17.1 Å². The summed E-state index contributed by atoms with van der Waals surface area (Å²) in [5.41, 5.74) is 2.11. The first-order valence-corrected chi connectivity index (χ1v) is 9.38. The summed E-state index contributed by atoms with van der Waals surface area (Å²) in [6.45, 7) is 4.77. The molecule has 7 nitrogen and oxygen atoms in total. The molecule has 2 aromatic carbocycles. The van der Waals surface area contributed by atoms with E-state index in [0.29, 0.717) is 13.2 Å². The minimum Gasteiger partial charge on any atom is -0.492 e. The van der Waals surface area contributed by atoms with Crippen molar-refractivity contribution >= 4 is 29.9 Å². The van der Waals surface area contributed by atoms with Crippen LogP contribution in [0, 0.1) is 0 Å². The third-order valence-electron chi connectivity index (χ3n) is 4.16. The number of aromatic nitrogens is 3. The van der Waals surface area contributed by atoms with Gasteiger partial charge in [-0.25, -0.2) is 9.98 Å². The van der Waals surface area contributed by atoms with E-state index >= 15 is 0 Å². The lowest BCUT2D eigenvalue weighted by Gasteiger charge is -2.22. The molecule has 2 N–H and O–H groups in total. The number of hydrogen-bond donors (Lipinski definition) is 2. The lowest BCUT2D eigenvalue weighted by molar-refractivity contribution is 0.281. The molecule has 0 aliphatic heterocycles. The molecule has 8 heteroatoms. The number of aromatic amines is 1. The quantitative estimate of drug-likeness (QED) is 0.278. The van der Waals surface area contributed by atoms with E-state index in [2.05, 4.69) is 44.5 Å². The van der Waals surface area contributed by atoms with Gasteiger partial charge in [0, 0.05) is 19.2 Å². The highest BCUT2D eigenvalue weighted by Crippen LogP contribution is 2.16. The minimum absolute atomic E-state index is 0. The van der Waals surface area contributed by atoms with Crippen LogP contribution in [0.2, 0.25) is 0 Å². The Balaban J connectivity index is 0.00000300. The van der Waals surface area contributed by atoms with Gasteiger partial charge in [0.2, 0.25) is 0 Å². The zero-order valence-electron chi connectivity index (χ0n) is 16.7. The standard InChI is InChI=1S/C21H26N6O.HI/c1-3-22-21(27(2)12-13-28-19-10-5-4-6-11-19)23-15-17-8-7-9-18(14-17)20-24-16-25-26-20;/h4-11,14,16H,3,12-13,15H2,1-2H3,(H,22,23)(H,24,25,26);1H. The molecule has 1 heterocycles. The number of para-hydroxylation sites is 1. The molecule has 0 spiro atoms. The molecule has 0 aliphatic rings. The number of ether oxygens (including phenoxy) is 1. The number of hydrogen-bond acceptors (Lipinski definition) is 4. The van der Waals surface area contributed by atoms with E-state index in [-0.39, 0.29) is 24.0 Å². The van der Waals surface area contributed by atoms with Gasteiger partial charge in [0.15, 0.2) is 11.8 Å². The summed E-state index contributed by atoms with van der Waals surface area (Å²) < 4.78 is 5.78. The molecule has 0 unspecified atom stereocenters. The second kappa shape index (κ2) is 12.1. The van der Waals surface area contributed by atoms with Crippen LogP contribution in [0.15, 0.2) is 65.9 Å². The number of aliphatic imine (C=N–C) groups is 1. The Morgan fingerprint density at radius 1 is 1.17 bits per heavy atom. The number of guanidine groups is 1. The smallest absolute Gasteiger partial charge is 0.194 e. The molecule has 0 saturated heterocycles. The highest BCUT2D eigenvalue weighted by molar-refractivity contribution is 14.0. The van der Waals surface area contributed by atoms with Crippen molar-refractivity contribution in [2.45, 2.75) is 13.5 Å². The first-order chi connectivity index (χ1) is 13.8. The molecule has 0 atom stereocenters. The van der Waals surface area contributed by atoms with E-state index in [1.54, 1.807) is 0 Å². The van der Waals surface area contributed by atoms with E-state index in [0.717, 1.165) is 41.7 Å². The maximum Gasteiger partial charge on any atom is 0.194 e. The predicted octanol–water partition coefficient (Wildman–Crippen LogP) is 3.57. The Bertz CT molecular complexity index is 870. The Kier molecular flexibility index (Phi) is 9.42. The number of nitrogens with zero attached hydrogens (tertiary/aromatic N) is 4. The van der Waals surface area contributed by atoms with Crippen molar-refractivity contribution in [1.29, 1.82) is 0 Å². The molecule has 29 heavy (non-hydrogen) atoms. The van der Waals surface area contributed by atoms with E-state index in [1.807, 2.05) is 49.5 Å². The van der Waals surface area contributed by atoms with Crippen LogP contribution in [0.3, 0.4) is 0 Å². The van der Waals surface area contributed by atoms with E-state index in [9.17, 15) is 0 Å². The SMILES string of the molecule is CCNC(=NCc1cccc(-c2ncn[nH]2)c1)N(C)CCOc1ccccc1.I. The van der Waals surface area contributed by atoms with Gasteiger partial charge in [-0.05, 0) is 30.7 Å². The molecule has 3 rings (SSSR count). The number of halogens is 1. The molecule has 3 aromatic rings. The minimum atomic E-state index is 0. The van der Waals surface area contributed by atoms with Crippen LogP contribution in [-0.2, 0) is 6.54 Å². The van der Waals surface area contributed by atoms with Crippen molar-refractivity contribution in [2.75, 3.05) is 26.7 Å². The molecule has 0 radical (unpaired) electrons. The van der Waals surface area contributed by atoms with Crippen molar-refractivity contribution in [3.63, 3.8) is 0 Å².